The first-order chi connectivity index (χ1) is 7.64. The van der Waals surface area contributed by atoms with E-state index >= 15 is 0 Å². The molecule has 8 heteroatoms. The summed E-state index contributed by atoms with van der Waals surface area (Å²) in [5, 5.41) is 10.6. The molecule has 0 amide bonds. The van der Waals surface area contributed by atoms with E-state index in [1.165, 1.54) is 22.6 Å². The number of benzene rings is 1. The zero-order valence-electron chi connectivity index (χ0n) is 8.34. The van der Waals surface area contributed by atoms with Crippen molar-refractivity contribution in [3.63, 3.8) is 0 Å². The average Bonchev–Trinajstić information content (AvgIpc) is 2.14. The number of carbonyl (C=O) groups excluding carboxylic acids is 1. The van der Waals surface area contributed by atoms with E-state index in [9.17, 15) is 28.1 Å². The maximum Gasteiger partial charge on any atom is 0.416 e. The topological polar surface area (TPSA) is 60.2 Å². The average molecular weight is 359 g/mol. The van der Waals surface area contributed by atoms with Gasteiger partial charge in [-0.3, -0.25) is 14.9 Å². The molecule has 0 aliphatic carbocycles. The first kappa shape index (κ1) is 13.9. The van der Waals surface area contributed by atoms with E-state index in [0.29, 0.717) is 12.1 Å². The third kappa shape index (κ3) is 2.93. The normalized spacial score (nSPS) is 11.4. The molecule has 1 aromatic rings. The van der Waals surface area contributed by atoms with Crippen LogP contribution in [0.3, 0.4) is 0 Å². The number of nitro groups is 1. The fourth-order valence-corrected chi connectivity index (χ4v) is 2.05. The highest BCUT2D eigenvalue weighted by Crippen LogP contribution is 2.35. The smallest absolute Gasteiger partial charge is 0.294 e. The minimum atomic E-state index is -4.72. The Labute approximate surface area is 107 Å². The third-order valence-electron chi connectivity index (χ3n) is 1.96. The Kier molecular flexibility index (Phi) is 3.74. The van der Waals surface area contributed by atoms with Crippen molar-refractivity contribution in [2.45, 2.75) is 13.1 Å². The Balaban J connectivity index is 3.59. The van der Waals surface area contributed by atoms with E-state index in [1.807, 2.05) is 0 Å². The molecule has 0 radical (unpaired) electrons. The summed E-state index contributed by atoms with van der Waals surface area (Å²) >= 11 is 1.49. The molecule has 1 rings (SSSR count). The van der Waals surface area contributed by atoms with Gasteiger partial charge in [-0.15, -0.1) is 0 Å². The Hall–Kier alpha value is -1.19. The van der Waals surface area contributed by atoms with E-state index in [4.69, 9.17) is 0 Å². The number of Topliss-reactive ketones (excluding diaryl/α,β-unsaturated/α-hetero) is 1. The van der Waals surface area contributed by atoms with Gasteiger partial charge in [0.1, 0.15) is 3.57 Å². The number of halogens is 4. The van der Waals surface area contributed by atoms with E-state index in [0.717, 1.165) is 6.92 Å². The summed E-state index contributed by atoms with van der Waals surface area (Å²) in [6.07, 6.45) is -4.72. The van der Waals surface area contributed by atoms with Crippen molar-refractivity contribution >= 4 is 34.1 Å². The van der Waals surface area contributed by atoms with Gasteiger partial charge >= 0.3 is 6.18 Å². The van der Waals surface area contributed by atoms with Crippen molar-refractivity contribution in [1.82, 2.24) is 0 Å². The number of ketones is 1. The molecule has 0 N–H and O–H groups in total. The molecule has 17 heavy (non-hydrogen) atoms. The third-order valence-corrected chi connectivity index (χ3v) is 3.09. The summed E-state index contributed by atoms with van der Waals surface area (Å²) in [5.41, 5.74) is -2.22. The number of nitrogens with zero attached hydrogens (tertiary/aromatic N) is 1. The lowest BCUT2D eigenvalue weighted by molar-refractivity contribution is -0.386. The van der Waals surface area contributed by atoms with Crippen molar-refractivity contribution in [2.24, 2.45) is 0 Å². The first-order valence-corrected chi connectivity index (χ1v) is 5.28. The number of alkyl halides is 3. The van der Waals surface area contributed by atoms with Gasteiger partial charge < -0.3 is 0 Å². The van der Waals surface area contributed by atoms with Crippen LogP contribution in [0.15, 0.2) is 12.1 Å². The first-order valence-electron chi connectivity index (χ1n) is 4.20. The van der Waals surface area contributed by atoms with E-state index in [1.54, 1.807) is 0 Å². The van der Waals surface area contributed by atoms with Gasteiger partial charge in [0.15, 0.2) is 5.78 Å². The molecule has 0 saturated carbocycles. The number of carbonyl (C=O) groups is 1. The van der Waals surface area contributed by atoms with Gasteiger partial charge in [0.2, 0.25) is 0 Å². The summed E-state index contributed by atoms with van der Waals surface area (Å²) in [6.45, 7) is 1.06. The minimum Gasteiger partial charge on any atom is -0.294 e. The van der Waals surface area contributed by atoms with Crippen LogP contribution in [0.5, 0.6) is 0 Å². The van der Waals surface area contributed by atoms with E-state index in [2.05, 4.69) is 0 Å². The molecule has 0 heterocycles. The van der Waals surface area contributed by atoms with Gasteiger partial charge in [-0.2, -0.15) is 13.2 Å². The maximum atomic E-state index is 12.5. The molecule has 92 valence electrons. The number of nitro benzene ring substituents is 1. The van der Waals surface area contributed by atoms with Crippen molar-refractivity contribution in [3.8, 4) is 0 Å². The molecule has 4 nitrogen and oxygen atoms in total. The summed E-state index contributed by atoms with van der Waals surface area (Å²) in [4.78, 5) is 20.8. The van der Waals surface area contributed by atoms with Crippen LogP contribution in [-0.4, -0.2) is 10.7 Å². The fourth-order valence-electron chi connectivity index (χ4n) is 1.16. The Bertz CT molecular complexity index is 464. The van der Waals surface area contributed by atoms with Crippen LogP contribution in [0.1, 0.15) is 22.8 Å². The zero-order valence-corrected chi connectivity index (χ0v) is 10.5. The second-order valence-corrected chi connectivity index (χ2v) is 4.25. The molecule has 0 unspecified atom stereocenters. The van der Waals surface area contributed by atoms with Gasteiger partial charge in [0.25, 0.3) is 5.69 Å². The van der Waals surface area contributed by atoms with Crippen molar-refractivity contribution in [1.29, 1.82) is 0 Å². The van der Waals surface area contributed by atoms with Crippen LogP contribution in [0.4, 0.5) is 18.9 Å². The molecule has 0 saturated heterocycles. The van der Waals surface area contributed by atoms with Crippen LogP contribution < -0.4 is 0 Å². The van der Waals surface area contributed by atoms with Crippen LogP contribution in [0.25, 0.3) is 0 Å². The molecular formula is C9H5F3INO3. The van der Waals surface area contributed by atoms with Gasteiger partial charge in [0, 0.05) is 11.6 Å². The molecule has 0 bridgehead atoms. The standard InChI is InChI=1S/C9H5F3INO3/c1-4(15)6-2-5(9(10,11)12)3-7(8(6)13)14(16)17/h2-3H,1H3. The maximum absolute atomic E-state index is 12.5. The second kappa shape index (κ2) is 4.59. The molecule has 0 aliphatic rings. The largest absolute Gasteiger partial charge is 0.416 e. The highest BCUT2D eigenvalue weighted by molar-refractivity contribution is 14.1. The highest BCUT2D eigenvalue weighted by Gasteiger charge is 2.34. The molecule has 0 aliphatic heterocycles. The SMILES string of the molecule is CC(=O)c1cc(C(F)(F)F)cc([N+](=O)[O-])c1I. The van der Waals surface area contributed by atoms with Gasteiger partial charge in [-0.1, -0.05) is 0 Å². The van der Waals surface area contributed by atoms with Crippen molar-refractivity contribution in [2.75, 3.05) is 0 Å². The van der Waals surface area contributed by atoms with E-state index < -0.39 is 28.1 Å². The quantitative estimate of drug-likeness (QED) is 0.352. The van der Waals surface area contributed by atoms with Crippen molar-refractivity contribution < 1.29 is 22.9 Å². The minimum absolute atomic E-state index is 0.0897. The van der Waals surface area contributed by atoms with Crippen LogP contribution in [-0.2, 0) is 6.18 Å². The Morgan fingerprint density at radius 3 is 2.29 bits per heavy atom. The molecule has 0 atom stereocenters. The predicted octanol–water partition coefficient (Wildman–Crippen LogP) is 3.42. The van der Waals surface area contributed by atoms with E-state index in [-0.39, 0.29) is 9.13 Å². The van der Waals surface area contributed by atoms with Gasteiger partial charge in [-0.05, 0) is 35.6 Å². The van der Waals surface area contributed by atoms with Crippen LogP contribution in [0.2, 0.25) is 0 Å². The lowest BCUT2D eigenvalue weighted by atomic mass is 10.1. The summed E-state index contributed by atoms with van der Waals surface area (Å²) in [7, 11) is 0. The molecule has 1 aromatic carbocycles. The second-order valence-electron chi connectivity index (χ2n) is 3.17. The summed E-state index contributed by atoms with van der Waals surface area (Å²) in [5.74, 6) is -0.649. The molecule has 0 aromatic heterocycles. The highest BCUT2D eigenvalue weighted by atomic mass is 127. The predicted molar refractivity (Wildman–Crippen MR) is 60.8 cm³/mol. The lowest BCUT2D eigenvalue weighted by Gasteiger charge is -2.09. The van der Waals surface area contributed by atoms with Crippen molar-refractivity contribution in [3.05, 3.63) is 36.9 Å². The lowest BCUT2D eigenvalue weighted by Crippen LogP contribution is -2.10. The molecule has 0 spiro atoms. The fraction of sp³-hybridized carbons (Fsp3) is 0.222. The molecule has 0 fully saturated rings. The zero-order chi connectivity index (χ0) is 13.4. The number of rotatable bonds is 2. The monoisotopic (exact) mass is 359 g/mol. The van der Waals surface area contributed by atoms with Crippen LogP contribution in [0, 0.1) is 13.7 Å². The number of hydrogen-bond donors (Lipinski definition) is 0. The van der Waals surface area contributed by atoms with Crippen LogP contribution >= 0.6 is 22.6 Å². The molecular weight excluding hydrogens is 354 g/mol. The Morgan fingerprint density at radius 1 is 1.41 bits per heavy atom. The van der Waals surface area contributed by atoms with Gasteiger partial charge in [0.05, 0.1) is 10.5 Å². The Morgan fingerprint density at radius 2 is 1.94 bits per heavy atom. The number of hydrogen-bond acceptors (Lipinski definition) is 3. The van der Waals surface area contributed by atoms with Gasteiger partial charge in [-0.25, -0.2) is 0 Å². The summed E-state index contributed by atoms with van der Waals surface area (Å²) < 4.78 is 37.3. The summed E-state index contributed by atoms with van der Waals surface area (Å²) in [6, 6.07) is 1.05.